The van der Waals surface area contributed by atoms with Crippen molar-refractivity contribution in [3.8, 4) is 0 Å². The van der Waals surface area contributed by atoms with Crippen molar-refractivity contribution in [2.24, 2.45) is 0 Å². The molecule has 0 heterocycles. The molecule has 0 atom stereocenters. The van der Waals surface area contributed by atoms with Crippen LogP contribution < -0.4 is 0 Å². The Bertz CT molecular complexity index is 280. The van der Waals surface area contributed by atoms with Gasteiger partial charge >= 0.3 is 6.03 Å². The molecule has 0 spiro atoms. The molecule has 0 aromatic heterocycles. The van der Waals surface area contributed by atoms with E-state index in [1.807, 2.05) is 0 Å². The molecule has 0 rings (SSSR count). The molecule has 0 radical (unpaired) electrons. The number of urea groups is 1. The lowest BCUT2D eigenvalue weighted by Crippen LogP contribution is -2.45. The molecule has 0 aliphatic carbocycles. The van der Waals surface area contributed by atoms with Crippen LogP contribution in [0.25, 0.3) is 0 Å². The van der Waals surface area contributed by atoms with Gasteiger partial charge in [-0.05, 0) is 32.1 Å². The zero-order chi connectivity index (χ0) is 18.0. The van der Waals surface area contributed by atoms with Gasteiger partial charge < -0.3 is 24.2 Å². The topological polar surface area (TPSA) is 71.5 Å². The zero-order valence-corrected chi connectivity index (χ0v) is 15.7. The largest absolute Gasteiger partial charge is 0.385 e. The summed E-state index contributed by atoms with van der Waals surface area (Å²) in [7, 11) is 3.35. The minimum atomic E-state index is -0.336. The molecule has 0 fully saturated rings. The minimum Gasteiger partial charge on any atom is -0.385 e. The van der Waals surface area contributed by atoms with Gasteiger partial charge in [0, 0.05) is 47.1 Å². The summed E-state index contributed by atoms with van der Waals surface area (Å²) in [5.41, 5.74) is 0. The lowest BCUT2D eigenvalue weighted by atomic mass is 10.2. The molecule has 0 saturated heterocycles. The first-order chi connectivity index (χ1) is 11.7. The lowest BCUT2D eigenvalue weighted by Gasteiger charge is -2.29. The second-order valence-corrected chi connectivity index (χ2v) is 5.74. The smallest absolute Gasteiger partial charge is 0.323 e. The molecule has 7 nitrogen and oxygen atoms in total. The Morgan fingerprint density at radius 2 is 1.46 bits per heavy atom. The SMILES string of the molecule is CCCCOCN(CO)C(=O)N(CCCCOC)CCCCOC. The van der Waals surface area contributed by atoms with Crippen molar-refractivity contribution in [3.63, 3.8) is 0 Å². The van der Waals surface area contributed by atoms with Crippen molar-refractivity contribution in [3.05, 3.63) is 0 Å². The Labute approximate surface area is 146 Å². The second-order valence-electron chi connectivity index (χ2n) is 5.74. The molecule has 0 aliphatic rings. The van der Waals surface area contributed by atoms with Crippen LogP contribution in [0.5, 0.6) is 0 Å². The number of amides is 2. The highest BCUT2D eigenvalue weighted by Gasteiger charge is 2.19. The van der Waals surface area contributed by atoms with E-state index in [1.165, 1.54) is 4.90 Å². The average molecular weight is 348 g/mol. The molecule has 0 bridgehead atoms. The molecule has 24 heavy (non-hydrogen) atoms. The fourth-order valence-electron chi connectivity index (χ4n) is 2.18. The summed E-state index contributed by atoms with van der Waals surface area (Å²) in [6.45, 7) is 5.16. The van der Waals surface area contributed by atoms with E-state index in [0.717, 1.165) is 38.5 Å². The van der Waals surface area contributed by atoms with Gasteiger partial charge in [0.2, 0.25) is 0 Å². The molecule has 0 aromatic carbocycles. The van der Waals surface area contributed by atoms with Crippen LogP contribution in [0.2, 0.25) is 0 Å². The first-order valence-corrected chi connectivity index (χ1v) is 8.91. The molecular weight excluding hydrogens is 312 g/mol. The van der Waals surface area contributed by atoms with Crippen LogP contribution in [-0.4, -0.2) is 81.5 Å². The van der Waals surface area contributed by atoms with Gasteiger partial charge in [0.25, 0.3) is 0 Å². The summed E-state index contributed by atoms with van der Waals surface area (Å²) < 4.78 is 15.6. The van der Waals surface area contributed by atoms with E-state index in [-0.39, 0.29) is 19.5 Å². The fraction of sp³-hybridized carbons (Fsp3) is 0.941. The zero-order valence-electron chi connectivity index (χ0n) is 15.7. The van der Waals surface area contributed by atoms with E-state index in [9.17, 15) is 9.90 Å². The Kier molecular flexibility index (Phi) is 16.3. The van der Waals surface area contributed by atoms with Crippen molar-refractivity contribution < 1.29 is 24.1 Å². The van der Waals surface area contributed by atoms with E-state index in [4.69, 9.17) is 14.2 Å². The number of carbonyl (C=O) groups excluding carboxylic acids is 1. The summed E-state index contributed by atoms with van der Waals surface area (Å²) in [4.78, 5) is 15.7. The molecule has 144 valence electrons. The Morgan fingerprint density at radius 1 is 0.875 bits per heavy atom. The third-order valence-corrected chi connectivity index (χ3v) is 3.65. The van der Waals surface area contributed by atoms with E-state index in [0.29, 0.717) is 32.9 Å². The van der Waals surface area contributed by atoms with Crippen molar-refractivity contribution in [2.75, 3.05) is 60.6 Å². The predicted octanol–water partition coefficient (Wildman–Crippen LogP) is 2.29. The number of aliphatic hydroxyl groups excluding tert-OH is 1. The lowest BCUT2D eigenvalue weighted by molar-refractivity contribution is -0.00264. The van der Waals surface area contributed by atoms with Crippen molar-refractivity contribution in [1.82, 2.24) is 9.80 Å². The van der Waals surface area contributed by atoms with Gasteiger partial charge in [0.05, 0.1) is 0 Å². The Morgan fingerprint density at radius 3 is 1.92 bits per heavy atom. The summed E-state index contributed by atoms with van der Waals surface area (Å²) in [6, 6.07) is -0.177. The number of methoxy groups -OCH3 is 2. The Hall–Kier alpha value is -0.890. The van der Waals surface area contributed by atoms with Gasteiger partial charge in [-0.25, -0.2) is 4.79 Å². The summed E-state index contributed by atoms with van der Waals surface area (Å²) in [6.07, 6.45) is 5.55. The van der Waals surface area contributed by atoms with E-state index < -0.39 is 0 Å². The number of carbonyl (C=O) groups is 1. The maximum Gasteiger partial charge on any atom is 0.323 e. The third-order valence-electron chi connectivity index (χ3n) is 3.65. The molecule has 2 amide bonds. The van der Waals surface area contributed by atoms with E-state index in [2.05, 4.69) is 6.92 Å². The van der Waals surface area contributed by atoms with Crippen LogP contribution in [0.4, 0.5) is 4.79 Å². The monoisotopic (exact) mass is 348 g/mol. The molecule has 0 aliphatic heterocycles. The van der Waals surface area contributed by atoms with Crippen LogP contribution in [-0.2, 0) is 14.2 Å². The van der Waals surface area contributed by atoms with Crippen LogP contribution in [0, 0.1) is 0 Å². The normalized spacial score (nSPS) is 10.8. The summed E-state index contributed by atoms with van der Waals surface area (Å²) in [5.74, 6) is 0. The molecule has 0 saturated carbocycles. The average Bonchev–Trinajstić information content (AvgIpc) is 2.60. The maximum atomic E-state index is 12.6. The molecule has 0 unspecified atom stereocenters. The molecule has 7 heteroatoms. The number of ether oxygens (including phenoxy) is 3. The molecular formula is C17H36N2O5. The standard InChI is InChI=1S/C17H36N2O5/c1-4-5-14-24-16-19(15-20)17(21)18(10-6-8-12-22-2)11-7-9-13-23-3/h20H,4-16H2,1-3H3. The second kappa shape index (κ2) is 17.0. The van der Waals surface area contributed by atoms with Crippen molar-refractivity contribution in [2.45, 2.75) is 45.4 Å². The number of hydrogen-bond donors (Lipinski definition) is 1. The van der Waals surface area contributed by atoms with Gasteiger partial charge in [-0.1, -0.05) is 13.3 Å². The van der Waals surface area contributed by atoms with Gasteiger partial charge in [-0.15, -0.1) is 0 Å². The van der Waals surface area contributed by atoms with Gasteiger partial charge in [-0.3, -0.25) is 4.90 Å². The quantitative estimate of drug-likeness (QED) is 0.342. The highest BCUT2D eigenvalue weighted by Crippen LogP contribution is 2.06. The van der Waals surface area contributed by atoms with Crippen LogP contribution in [0.3, 0.4) is 0 Å². The van der Waals surface area contributed by atoms with Gasteiger partial charge in [0.1, 0.15) is 13.5 Å². The van der Waals surface area contributed by atoms with Gasteiger partial charge in [-0.2, -0.15) is 0 Å². The van der Waals surface area contributed by atoms with Crippen LogP contribution in [0.15, 0.2) is 0 Å². The highest BCUT2D eigenvalue weighted by atomic mass is 16.5. The summed E-state index contributed by atoms with van der Waals surface area (Å²) >= 11 is 0. The first-order valence-electron chi connectivity index (χ1n) is 8.91. The number of rotatable bonds is 16. The molecule has 1 N–H and O–H groups in total. The van der Waals surface area contributed by atoms with Gasteiger partial charge in [0.15, 0.2) is 0 Å². The van der Waals surface area contributed by atoms with E-state index in [1.54, 1.807) is 19.1 Å². The first kappa shape index (κ1) is 23.1. The van der Waals surface area contributed by atoms with Crippen LogP contribution in [0.1, 0.15) is 45.4 Å². The summed E-state index contributed by atoms with van der Waals surface area (Å²) in [5, 5.41) is 9.48. The molecule has 0 aromatic rings. The Balaban J connectivity index is 4.41. The predicted molar refractivity (Wildman–Crippen MR) is 93.8 cm³/mol. The number of unbranched alkanes of at least 4 members (excludes halogenated alkanes) is 3. The van der Waals surface area contributed by atoms with Crippen molar-refractivity contribution in [1.29, 1.82) is 0 Å². The van der Waals surface area contributed by atoms with E-state index >= 15 is 0 Å². The number of hydrogen-bond acceptors (Lipinski definition) is 5. The number of nitrogens with zero attached hydrogens (tertiary/aromatic N) is 2. The third kappa shape index (κ3) is 11.6. The maximum absolute atomic E-state index is 12.6. The highest BCUT2D eigenvalue weighted by molar-refractivity contribution is 5.74. The van der Waals surface area contributed by atoms with Crippen molar-refractivity contribution >= 4 is 6.03 Å². The fourth-order valence-corrected chi connectivity index (χ4v) is 2.18. The minimum absolute atomic E-state index is 0.127. The number of aliphatic hydroxyl groups is 1. The van der Waals surface area contributed by atoms with Crippen LogP contribution >= 0.6 is 0 Å².